The van der Waals surface area contributed by atoms with Crippen molar-refractivity contribution in [2.45, 2.75) is 0 Å². The number of aromatic nitrogens is 1. The Balaban J connectivity index is 2.31. The number of aromatic hydroxyl groups is 1. The first-order valence-corrected chi connectivity index (χ1v) is 4.64. The van der Waals surface area contributed by atoms with Gasteiger partial charge in [0.2, 0.25) is 0 Å². The second-order valence-electron chi connectivity index (χ2n) is 3.24. The zero-order valence-electron chi connectivity index (χ0n) is 8.51. The van der Waals surface area contributed by atoms with Crippen LogP contribution in [0.4, 0.5) is 0 Å². The van der Waals surface area contributed by atoms with Crippen LogP contribution < -0.4 is 5.32 Å². The molecule has 0 saturated heterocycles. The van der Waals surface area contributed by atoms with Crippen LogP contribution in [0.15, 0.2) is 22.9 Å². The van der Waals surface area contributed by atoms with E-state index >= 15 is 0 Å². The lowest BCUT2D eigenvalue weighted by Crippen LogP contribution is -2.29. The summed E-state index contributed by atoms with van der Waals surface area (Å²) in [7, 11) is 0. The van der Waals surface area contributed by atoms with E-state index in [9.17, 15) is 14.7 Å². The minimum Gasteiger partial charge on any atom is -0.503 e. The summed E-state index contributed by atoms with van der Waals surface area (Å²) in [5.74, 6) is -2.37. The van der Waals surface area contributed by atoms with Crippen molar-refractivity contribution in [3.05, 3.63) is 24.2 Å². The number of hydrogen-bond donors (Lipinski definition) is 3. The van der Waals surface area contributed by atoms with Gasteiger partial charge in [0.25, 0.3) is 5.91 Å². The molecule has 0 aliphatic carbocycles. The van der Waals surface area contributed by atoms with Gasteiger partial charge in [-0.1, -0.05) is 0 Å². The summed E-state index contributed by atoms with van der Waals surface area (Å²) >= 11 is 0. The number of carbonyl (C=O) groups excluding carboxylic acids is 1. The summed E-state index contributed by atoms with van der Waals surface area (Å²) in [6, 6.07) is 1.58. The molecule has 0 fully saturated rings. The molecule has 2 rings (SSSR count). The van der Waals surface area contributed by atoms with Gasteiger partial charge in [-0.15, -0.1) is 0 Å². The molecule has 0 spiro atoms. The molecule has 7 heteroatoms. The van der Waals surface area contributed by atoms with Crippen LogP contribution in [0.1, 0.15) is 10.5 Å². The molecular weight excluding hydrogens is 228 g/mol. The molecule has 0 radical (unpaired) electrons. The molecule has 2 aromatic heterocycles. The molecule has 0 aliphatic heterocycles. The highest BCUT2D eigenvalue weighted by atomic mass is 16.4. The third-order valence-corrected chi connectivity index (χ3v) is 2.08. The van der Waals surface area contributed by atoms with Gasteiger partial charge in [-0.25, -0.2) is 4.98 Å². The lowest BCUT2D eigenvalue weighted by molar-refractivity contribution is -0.135. The number of aliphatic carboxylic acids is 1. The molecule has 0 saturated carbocycles. The summed E-state index contributed by atoms with van der Waals surface area (Å²) in [6.07, 6.45) is 2.71. The van der Waals surface area contributed by atoms with Gasteiger partial charge in [0, 0.05) is 11.6 Å². The highest BCUT2D eigenvalue weighted by molar-refractivity contribution is 6.00. The highest BCUT2D eigenvalue weighted by Gasteiger charge is 2.17. The lowest BCUT2D eigenvalue weighted by atomic mass is 10.2. The van der Waals surface area contributed by atoms with E-state index in [1.165, 1.54) is 12.5 Å². The fourth-order valence-electron chi connectivity index (χ4n) is 1.32. The first-order valence-electron chi connectivity index (χ1n) is 4.64. The van der Waals surface area contributed by atoms with Crippen LogP contribution in [-0.2, 0) is 4.79 Å². The third kappa shape index (κ3) is 2.03. The highest BCUT2D eigenvalue weighted by Crippen LogP contribution is 2.27. The van der Waals surface area contributed by atoms with Crippen molar-refractivity contribution >= 4 is 22.8 Å². The molecule has 17 heavy (non-hydrogen) atoms. The Morgan fingerprint density at radius 1 is 1.47 bits per heavy atom. The predicted molar refractivity (Wildman–Crippen MR) is 55.6 cm³/mol. The van der Waals surface area contributed by atoms with Gasteiger partial charge in [-0.05, 0) is 6.07 Å². The van der Waals surface area contributed by atoms with Gasteiger partial charge in [0.05, 0.1) is 6.26 Å². The SMILES string of the molecule is O=C(O)CNC(=O)c1ncc2ccoc2c1O. The number of rotatable bonds is 3. The van der Waals surface area contributed by atoms with E-state index in [-0.39, 0.29) is 11.3 Å². The second-order valence-corrected chi connectivity index (χ2v) is 3.24. The molecule has 3 N–H and O–H groups in total. The molecule has 0 bridgehead atoms. The third-order valence-electron chi connectivity index (χ3n) is 2.08. The number of fused-ring (bicyclic) bond motifs is 1. The van der Waals surface area contributed by atoms with E-state index in [1.54, 1.807) is 6.07 Å². The zero-order chi connectivity index (χ0) is 12.4. The van der Waals surface area contributed by atoms with Crippen LogP contribution in [0.2, 0.25) is 0 Å². The largest absolute Gasteiger partial charge is 0.503 e. The fraction of sp³-hybridized carbons (Fsp3) is 0.100. The first kappa shape index (κ1) is 10.9. The summed E-state index contributed by atoms with van der Waals surface area (Å²) < 4.78 is 4.98. The van der Waals surface area contributed by atoms with Crippen LogP contribution in [0.5, 0.6) is 5.75 Å². The Morgan fingerprint density at radius 3 is 2.94 bits per heavy atom. The number of nitrogens with zero attached hydrogens (tertiary/aromatic N) is 1. The van der Waals surface area contributed by atoms with Crippen molar-refractivity contribution in [2.75, 3.05) is 6.54 Å². The van der Waals surface area contributed by atoms with E-state index in [4.69, 9.17) is 9.52 Å². The molecule has 0 aliphatic rings. The normalized spacial score (nSPS) is 10.4. The topological polar surface area (TPSA) is 113 Å². The Morgan fingerprint density at radius 2 is 2.24 bits per heavy atom. The molecule has 88 valence electrons. The lowest BCUT2D eigenvalue weighted by Gasteiger charge is -2.03. The van der Waals surface area contributed by atoms with Gasteiger partial charge in [0.15, 0.2) is 17.0 Å². The summed E-state index contributed by atoms with van der Waals surface area (Å²) in [6.45, 7) is -0.545. The monoisotopic (exact) mass is 236 g/mol. The van der Waals surface area contributed by atoms with E-state index in [0.717, 1.165) is 0 Å². The van der Waals surface area contributed by atoms with Crippen LogP contribution in [0.3, 0.4) is 0 Å². The van der Waals surface area contributed by atoms with E-state index in [1.807, 2.05) is 0 Å². The van der Waals surface area contributed by atoms with Crippen LogP contribution in [0.25, 0.3) is 11.0 Å². The number of carbonyl (C=O) groups is 2. The molecular formula is C10H8N2O5. The number of amides is 1. The van der Waals surface area contributed by atoms with Crippen molar-refractivity contribution in [1.29, 1.82) is 0 Å². The Kier molecular flexibility index (Phi) is 2.65. The summed E-state index contributed by atoms with van der Waals surface area (Å²) in [5.41, 5.74) is -0.130. The Bertz CT molecular complexity index is 589. The number of carboxylic acid groups (broad SMARTS) is 1. The van der Waals surface area contributed by atoms with Gasteiger partial charge in [0.1, 0.15) is 6.54 Å². The molecule has 2 aromatic rings. The predicted octanol–water partition coefficient (Wildman–Crippen LogP) is 0.348. The minimum absolute atomic E-state index is 0.139. The quantitative estimate of drug-likeness (QED) is 0.708. The van der Waals surface area contributed by atoms with Crippen LogP contribution in [0, 0.1) is 0 Å². The van der Waals surface area contributed by atoms with Crippen LogP contribution in [-0.4, -0.2) is 33.6 Å². The number of nitrogens with one attached hydrogen (secondary N) is 1. The van der Waals surface area contributed by atoms with E-state index < -0.39 is 24.2 Å². The van der Waals surface area contributed by atoms with Crippen LogP contribution >= 0.6 is 0 Å². The zero-order valence-corrected chi connectivity index (χ0v) is 8.51. The van der Waals surface area contributed by atoms with Gasteiger partial charge in [-0.3, -0.25) is 9.59 Å². The average Bonchev–Trinajstić information content (AvgIpc) is 2.75. The summed E-state index contributed by atoms with van der Waals surface area (Å²) in [4.78, 5) is 25.5. The van der Waals surface area contributed by atoms with Crippen molar-refractivity contribution in [2.24, 2.45) is 0 Å². The summed E-state index contributed by atoms with van der Waals surface area (Å²) in [5, 5.41) is 20.8. The molecule has 0 aromatic carbocycles. The number of pyridine rings is 1. The Labute approximate surface area is 94.7 Å². The minimum atomic E-state index is -1.18. The number of furan rings is 1. The smallest absolute Gasteiger partial charge is 0.322 e. The van der Waals surface area contributed by atoms with Crippen molar-refractivity contribution in [3.63, 3.8) is 0 Å². The maximum absolute atomic E-state index is 11.5. The molecule has 7 nitrogen and oxygen atoms in total. The molecule has 0 atom stereocenters. The number of carboxylic acids is 1. The maximum Gasteiger partial charge on any atom is 0.322 e. The van der Waals surface area contributed by atoms with Crippen molar-refractivity contribution in [1.82, 2.24) is 10.3 Å². The van der Waals surface area contributed by atoms with Gasteiger partial charge >= 0.3 is 5.97 Å². The van der Waals surface area contributed by atoms with Gasteiger partial charge in [-0.2, -0.15) is 0 Å². The van der Waals surface area contributed by atoms with E-state index in [0.29, 0.717) is 5.39 Å². The standard InChI is InChI=1S/C10H8N2O5/c13-6(14)4-12-10(16)7-8(15)9-5(3-11-7)1-2-17-9/h1-3,15H,4H2,(H,12,16)(H,13,14). The maximum atomic E-state index is 11.5. The molecule has 0 unspecified atom stereocenters. The fourth-order valence-corrected chi connectivity index (χ4v) is 1.32. The average molecular weight is 236 g/mol. The first-order chi connectivity index (χ1) is 8.09. The Hall–Kier alpha value is -2.57. The van der Waals surface area contributed by atoms with E-state index in [2.05, 4.69) is 10.3 Å². The second kappa shape index (κ2) is 4.12. The van der Waals surface area contributed by atoms with Gasteiger partial charge < -0.3 is 19.9 Å². The molecule has 1 amide bonds. The van der Waals surface area contributed by atoms with Crippen molar-refractivity contribution in [3.8, 4) is 5.75 Å². The van der Waals surface area contributed by atoms with Crippen molar-refractivity contribution < 1.29 is 24.2 Å². The number of hydrogen-bond acceptors (Lipinski definition) is 5. The molecule has 2 heterocycles.